The molecule has 0 aromatic carbocycles. The molecule has 1 aliphatic rings. The summed E-state index contributed by atoms with van der Waals surface area (Å²) in [5, 5.41) is 21.6. The Morgan fingerprint density at radius 2 is 2.12 bits per heavy atom. The van der Waals surface area contributed by atoms with Gasteiger partial charge in [0.15, 0.2) is 4.34 Å². The number of aryl methyl sites for hydroxylation is 1. The lowest BCUT2D eigenvalue weighted by Gasteiger charge is -2.03. The van der Waals surface area contributed by atoms with Crippen molar-refractivity contribution in [3.05, 3.63) is 16.0 Å². The van der Waals surface area contributed by atoms with Crippen molar-refractivity contribution in [3.63, 3.8) is 0 Å². The minimum absolute atomic E-state index is 0.0440. The number of carbonyl (C=O) groups is 1. The summed E-state index contributed by atoms with van der Waals surface area (Å²) in [4.78, 5) is 13.6. The number of nitrogens with one attached hydrogen (secondary N) is 1. The summed E-state index contributed by atoms with van der Waals surface area (Å²) in [6, 6.07) is 2.28. The Balaban J connectivity index is 1.60. The normalized spacial score (nSPS) is 13.8. The molecule has 0 aliphatic heterocycles. The predicted octanol–water partition coefficient (Wildman–Crippen LogP) is 4.26. The first-order chi connectivity index (χ1) is 12.6. The number of thioether (sulfide) groups is 1. The van der Waals surface area contributed by atoms with Crippen LogP contribution in [-0.2, 0) is 17.6 Å². The molecule has 0 radical (unpaired) electrons. The van der Waals surface area contributed by atoms with E-state index in [1.807, 2.05) is 13.8 Å². The lowest BCUT2D eigenvalue weighted by molar-refractivity contribution is -0.113. The molecule has 0 spiro atoms. The topological polar surface area (TPSA) is 87.9 Å². The van der Waals surface area contributed by atoms with Gasteiger partial charge < -0.3 is 10.1 Å². The van der Waals surface area contributed by atoms with Crippen LogP contribution in [0.3, 0.4) is 0 Å². The minimum atomic E-state index is -0.135. The number of rotatable bonds is 6. The first kappa shape index (κ1) is 19.1. The van der Waals surface area contributed by atoms with E-state index in [0.717, 1.165) is 31.2 Å². The van der Waals surface area contributed by atoms with Gasteiger partial charge in [-0.3, -0.25) is 4.79 Å². The number of aromatic nitrogens is 2. The number of nitrogens with zero attached hydrogens (tertiary/aromatic N) is 3. The van der Waals surface area contributed by atoms with Crippen molar-refractivity contribution in [2.75, 3.05) is 11.1 Å². The highest BCUT2D eigenvalue weighted by atomic mass is 32.2. The Morgan fingerprint density at radius 3 is 2.88 bits per heavy atom. The number of nitriles is 1. The molecule has 9 heteroatoms. The van der Waals surface area contributed by atoms with Crippen LogP contribution in [0.5, 0.6) is 5.19 Å². The smallest absolute Gasteiger partial charge is 0.295 e. The molecular weight excluding hydrogens is 388 g/mol. The molecule has 1 aliphatic carbocycles. The molecule has 0 saturated carbocycles. The third kappa shape index (κ3) is 4.75. The zero-order valence-electron chi connectivity index (χ0n) is 14.7. The first-order valence-electron chi connectivity index (χ1n) is 8.54. The molecular formula is C17H20N4O2S3. The van der Waals surface area contributed by atoms with Gasteiger partial charge in [0.05, 0.1) is 17.4 Å². The molecule has 1 amide bonds. The summed E-state index contributed by atoms with van der Waals surface area (Å²) in [6.45, 7) is 3.86. The average Bonchev–Trinajstić information content (AvgIpc) is 3.09. The van der Waals surface area contributed by atoms with Crippen molar-refractivity contribution in [2.24, 2.45) is 0 Å². The summed E-state index contributed by atoms with van der Waals surface area (Å²) in [7, 11) is 0. The van der Waals surface area contributed by atoms with Crippen LogP contribution in [0.15, 0.2) is 4.34 Å². The van der Waals surface area contributed by atoms with Crippen LogP contribution in [-0.4, -0.2) is 28.0 Å². The van der Waals surface area contributed by atoms with Gasteiger partial charge in [-0.15, -0.1) is 16.4 Å². The molecule has 0 unspecified atom stereocenters. The number of carbonyl (C=O) groups excluding carboxylic acids is 1. The van der Waals surface area contributed by atoms with Crippen molar-refractivity contribution < 1.29 is 9.53 Å². The van der Waals surface area contributed by atoms with Crippen LogP contribution < -0.4 is 10.1 Å². The van der Waals surface area contributed by atoms with E-state index in [4.69, 9.17) is 4.74 Å². The fourth-order valence-electron chi connectivity index (χ4n) is 2.74. The summed E-state index contributed by atoms with van der Waals surface area (Å²) in [5.74, 6) is 0.0912. The van der Waals surface area contributed by atoms with Crippen molar-refractivity contribution >= 4 is 45.3 Å². The molecule has 1 N–H and O–H groups in total. The molecule has 3 rings (SSSR count). The molecule has 2 heterocycles. The zero-order valence-corrected chi connectivity index (χ0v) is 17.2. The lowest BCUT2D eigenvalue weighted by Crippen LogP contribution is -2.13. The quantitative estimate of drug-likeness (QED) is 0.568. The summed E-state index contributed by atoms with van der Waals surface area (Å²) in [6.07, 6.45) is 5.45. The average molecular weight is 409 g/mol. The summed E-state index contributed by atoms with van der Waals surface area (Å²) in [5.41, 5.74) is 1.78. The van der Waals surface area contributed by atoms with E-state index in [2.05, 4.69) is 21.6 Å². The Bertz CT molecular complexity index is 823. The van der Waals surface area contributed by atoms with E-state index in [1.165, 1.54) is 34.4 Å². The van der Waals surface area contributed by atoms with Crippen molar-refractivity contribution in [3.8, 4) is 11.3 Å². The van der Waals surface area contributed by atoms with Gasteiger partial charge >= 0.3 is 0 Å². The van der Waals surface area contributed by atoms with Gasteiger partial charge in [0, 0.05) is 4.88 Å². The van der Waals surface area contributed by atoms with Gasteiger partial charge in [-0.05, 0) is 56.4 Å². The molecule has 0 atom stereocenters. The number of amides is 1. The van der Waals surface area contributed by atoms with E-state index in [0.29, 0.717) is 20.1 Å². The third-order valence-corrected chi connectivity index (χ3v) is 6.99. The Kier molecular flexibility index (Phi) is 6.51. The van der Waals surface area contributed by atoms with E-state index in [1.54, 1.807) is 11.3 Å². The molecule has 138 valence electrons. The molecule has 0 fully saturated rings. The monoisotopic (exact) mass is 408 g/mol. The van der Waals surface area contributed by atoms with Gasteiger partial charge in [-0.2, -0.15) is 5.26 Å². The van der Waals surface area contributed by atoms with Crippen LogP contribution >= 0.6 is 34.4 Å². The highest BCUT2D eigenvalue weighted by Gasteiger charge is 2.21. The second-order valence-corrected chi connectivity index (χ2v) is 9.49. The Hall–Kier alpha value is -1.63. The van der Waals surface area contributed by atoms with Crippen LogP contribution in [0.2, 0.25) is 0 Å². The fraction of sp³-hybridized carbons (Fsp3) is 0.529. The highest BCUT2D eigenvalue weighted by Crippen LogP contribution is 2.37. The van der Waals surface area contributed by atoms with E-state index in [-0.39, 0.29) is 17.8 Å². The number of anilines is 1. The van der Waals surface area contributed by atoms with Crippen LogP contribution in [0.1, 0.15) is 49.1 Å². The number of ether oxygens (including phenoxy) is 1. The minimum Gasteiger partial charge on any atom is -0.466 e. The van der Waals surface area contributed by atoms with Crippen molar-refractivity contribution in [1.29, 1.82) is 5.26 Å². The molecule has 0 bridgehead atoms. The van der Waals surface area contributed by atoms with Crippen molar-refractivity contribution in [1.82, 2.24) is 10.2 Å². The van der Waals surface area contributed by atoms with Gasteiger partial charge in [0.1, 0.15) is 11.1 Å². The molecule has 0 saturated heterocycles. The Morgan fingerprint density at radius 1 is 1.31 bits per heavy atom. The Labute approximate surface area is 165 Å². The van der Waals surface area contributed by atoms with Gasteiger partial charge in [-0.25, -0.2) is 0 Å². The third-order valence-electron chi connectivity index (χ3n) is 3.84. The van der Waals surface area contributed by atoms with Crippen molar-refractivity contribution in [2.45, 2.75) is 56.4 Å². The number of thiophene rings is 1. The number of fused-ring (bicyclic) bond motifs is 1. The van der Waals surface area contributed by atoms with Gasteiger partial charge in [-0.1, -0.05) is 23.3 Å². The maximum atomic E-state index is 12.3. The maximum Gasteiger partial charge on any atom is 0.295 e. The SMILES string of the molecule is CC(C)Oc1nnc(SCC(=O)Nc2sc3c(c2C#N)CCCCC3)s1. The van der Waals surface area contributed by atoms with E-state index < -0.39 is 0 Å². The largest absolute Gasteiger partial charge is 0.466 e. The molecule has 2 aromatic rings. The summed E-state index contributed by atoms with van der Waals surface area (Å²) < 4.78 is 6.17. The van der Waals surface area contributed by atoms with Crippen LogP contribution in [0.25, 0.3) is 0 Å². The fourth-order valence-corrected chi connectivity index (χ4v) is 5.60. The molecule has 2 aromatic heterocycles. The second kappa shape index (κ2) is 8.84. The number of hydrogen-bond donors (Lipinski definition) is 1. The lowest BCUT2D eigenvalue weighted by atomic mass is 10.1. The van der Waals surface area contributed by atoms with E-state index >= 15 is 0 Å². The summed E-state index contributed by atoms with van der Waals surface area (Å²) >= 11 is 4.20. The zero-order chi connectivity index (χ0) is 18.5. The van der Waals surface area contributed by atoms with E-state index in [9.17, 15) is 10.1 Å². The van der Waals surface area contributed by atoms with Gasteiger partial charge in [0.2, 0.25) is 5.91 Å². The predicted molar refractivity (Wildman–Crippen MR) is 105 cm³/mol. The standard InChI is InChI=1S/C17H20N4O2S3/c1-10(2)23-16-20-21-17(26-16)24-9-14(22)19-15-12(8-18)11-6-4-3-5-7-13(11)25-15/h10H,3-7,9H2,1-2H3,(H,19,22). The molecule has 26 heavy (non-hydrogen) atoms. The van der Waals surface area contributed by atoms with Crippen LogP contribution in [0, 0.1) is 11.3 Å². The van der Waals surface area contributed by atoms with Crippen LogP contribution in [0.4, 0.5) is 5.00 Å². The second-order valence-electron chi connectivity index (χ2n) is 6.22. The van der Waals surface area contributed by atoms with Gasteiger partial charge in [0.25, 0.3) is 5.19 Å². The highest BCUT2D eigenvalue weighted by molar-refractivity contribution is 8.01. The molecule has 6 nitrogen and oxygen atoms in total. The maximum absolute atomic E-state index is 12.3. The first-order valence-corrected chi connectivity index (χ1v) is 11.2. The number of hydrogen-bond acceptors (Lipinski definition) is 8.